The molecule has 0 saturated heterocycles. The molecular formula is C51H38N2. The number of hydrogen-bond donors (Lipinski definition) is 1. The summed E-state index contributed by atoms with van der Waals surface area (Å²) in [5.41, 5.74) is 18.2. The van der Waals surface area contributed by atoms with Crippen molar-refractivity contribution in [3.05, 3.63) is 199 Å². The van der Waals surface area contributed by atoms with Crippen LogP contribution in [0.5, 0.6) is 0 Å². The van der Waals surface area contributed by atoms with Crippen LogP contribution in [0.1, 0.15) is 25.0 Å². The second-order valence-corrected chi connectivity index (χ2v) is 14.7. The van der Waals surface area contributed by atoms with Crippen molar-refractivity contribution in [3.63, 3.8) is 0 Å². The van der Waals surface area contributed by atoms with Gasteiger partial charge in [0.05, 0.1) is 16.7 Å². The van der Waals surface area contributed by atoms with Crippen molar-refractivity contribution in [2.45, 2.75) is 19.3 Å². The van der Waals surface area contributed by atoms with Crippen LogP contribution in [-0.4, -0.2) is 4.57 Å². The third-order valence-corrected chi connectivity index (χ3v) is 11.2. The molecule has 0 radical (unpaired) electrons. The van der Waals surface area contributed by atoms with Gasteiger partial charge in [-0.3, -0.25) is 0 Å². The first-order valence-corrected chi connectivity index (χ1v) is 18.4. The minimum atomic E-state index is -0.155. The predicted octanol–water partition coefficient (Wildman–Crippen LogP) is 13.8. The summed E-state index contributed by atoms with van der Waals surface area (Å²) in [5, 5.41) is 6.40. The van der Waals surface area contributed by atoms with E-state index in [2.05, 4.69) is 212 Å². The van der Waals surface area contributed by atoms with E-state index in [0.717, 1.165) is 11.4 Å². The van der Waals surface area contributed by atoms with Gasteiger partial charge < -0.3 is 9.88 Å². The third-order valence-electron chi connectivity index (χ3n) is 11.2. The molecule has 2 heteroatoms. The largest absolute Gasteiger partial charge is 0.355 e. The van der Waals surface area contributed by atoms with Crippen molar-refractivity contribution in [2.24, 2.45) is 0 Å². The number of rotatable bonds is 6. The molecule has 10 rings (SSSR count). The zero-order valence-corrected chi connectivity index (χ0v) is 29.8. The molecule has 2 nitrogen and oxygen atoms in total. The smallest absolute Gasteiger partial charge is 0.0541 e. The fourth-order valence-corrected chi connectivity index (χ4v) is 8.64. The summed E-state index contributed by atoms with van der Waals surface area (Å²) in [6, 6.07) is 68.3. The highest BCUT2D eigenvalue weighted by Crippen LogP contribution is 2.54. The standard InChI is InChI=1S/C51H38N2/c1-51(2)46-22-11-9-20-42(46)44-30-29-41(50(49(44)51)52-39-18-7-4-8-19-39)38-17-13-16-36(32-38)37-26-31-48-45(33-37)43-21-10-12-23-47(43)53(48)40-27-24-35(25-28-40)34-14-5-3-6-15-34/h3-33,52H,1-2H3. The van der Waals surface area contributed by atoms with Gasteiger partial charge in [-0.15, -0.1) is 0 Å². The molecule has 9 aromatic rings. The van der Waals surface area contributed by atoms with Crippen LogP contribution in [0.15, 0.2) is 188 Å². The first-order valence-electron chi connectivity index (χ1n) is 18.4. The number of fused-ring (bicyclic) bond motifs is 6. The Kier molecular flexibility index (Phi) is 7.19. The lowest BCUT2D eigenvalue weighted by atomic mass is 9.80. The van der Waals surface area contributed by atoms with Crippen LogP contribution in [0.25, 0.3) is 72.0 Å². The summed E-state index contributed by atoms with van der Waals surface area (Å²) >= 11 is 0. The molecular weight excluding hydrogens is 641 g/mol. The summed E-state index contributed by atoms with van der Waals surface area (Å²) in [6.45, 7) is 4.72. The van der Waals surface area contributed by atoms with E-state index in [1.807, 2.05) is 0 Å². The lowest BCUT2D eigenvalue weighted by Crippen LogP contribution is -2.17. The van der Waals surface area contributed by atoms with E-state index in [-0.39, 0.29) is 5.41 Å². The molecule has 0 amide bonds. The van der Waals surface area contributed by atoms with E-state index < -0.39 is 0 Å². The molecule has 252 valence electrons. The number of anilines is 2. The Morgan fingerprint density at radius 2 is 1.02 bits per heavy atom. The normalized spacial score (nSPS) is 12.9. The molecule has 0 spiro atoms. The quantitative estimate of drug-likeness (QED) is 0.185. The fourth-order valence-electron chi connectivity index (χ4n) is 8.64. The monoisotopic (exact) mass is 678 g/mol. The Labute approximate surface area is 310 Å². The van der Waals surface area contributed by atoms with E-state index in [4.69, 9.17) is 0 Å². The maximum absolute atomic E-state index is 3.89. The van der Waals surface area contributed by atoms with Crippen LogP contribution in [0, 0.1) is 0 Å². The van der Waals surface area contributed by atoms with Gasteiger partial charge in [-0.2, -0.15) is 0 Å². The van der Waals surface area contributed by atoms with Gasteiger partial charge in [-0.25, -0.2) is 0 Å². The average Bonchev–Trinajstić information content (AvgIpc) is 3.67. The number of benzene rings is 8. The van der Waals surface area contributed by atoms with E-state index in [0.29, 0.717) is 0 Å². The molecule has 8 aromatic carbocycles. The van der Waals surface area contributed by atoms with Gasteiger partial charge in [-0.1, -0.05) is 153 Å². The fraction of sp³-hybridized carbons (Fsp3) is 0.0588. The van der Waals surface area contributed by atoms with Gasteiger partial charge in [0.1, 0.15) is 0 Å². The van der Waals surface area contributed by atoms with Gasteiger partial charge in [0.15, 0.2) is 0 Å². The summed E-state index contributed by atoms with van der Waals surface area (Å²) in [7, 11) is 0. The van der Waals surface area contributed by atoms with Crippen LogP contribution in [-0.2, 0) is 5.41 Å². The van der Waals surface area contributed by atoms with Gasteiger partial charge in [0, 0.05) is 33.1 Å². The summed E-state index contributed by atoms with van der Waals surface area (Å²) in [5.74, 6) is 0. The van der Waals surface area contributed by atoms with Crippen molar-refractivity contribution in [1.29, 1.82) is 0 Å². The highest BCUT2D eigenvalue weighted by molar-refractivity contribution is 6.10. The zero-order valence-electron chi connectivity index (χ0n) is 29.8. The number of nitrogens with zero attached hydrogens (tertiary/aromatic N) is 1. The molecule has 0 fully saturated rings. The molecule has 53 heavy (non-hydrogen) atoms. The minimum absolute atomic E-state index is 0.155. The molecule has 1 N–H and O–H groups in total. The maximum Gasteiger partial charge on any atom is 0.0541 e. The Morgan fingerprint density at radius 3 is 1.85 bits per heavy atom. The van der Waals surface area contributed by atoms with Crippen LogP contribution in [0.2, 0.25) is 0 Å². The second-order valence-electron chi connectivity index (χ2n) is 14.7. The number of aromatic nitrogens is 1. The van der Waals surface area contributed by atoms with Crippen LogP contribution in [0.3, 0.4) is 0 Å². The molecule has 0 atom stereocenters. The zero-order chi connectivity index (χ0) is 35.5. The predicted molar refractivity (Wildman–Crippen MR) is 224 cm³/mol. The minimum Gasteiger partial charge on any atom is -0.355 e. The SMILES string of the molecule is CC1(C)c2ccccc2-c2ccc(-c3cccc(-c4ccc5c(c4)c4ccccc4n5-c4ccc(-c5ccccc5)cc4)c3)c(Nc3ccccc3)c21. The van der Waals surface area contributed by atoms with Crippen molar-refractivity contribution in [3.8, 4) is 50.2 Å². The van der Waals surface area contributed by atoms with Gasteiger partial charge in [0.25, 0.3) is 0 Å². The molecule has 1 heterocycles. The lowest BCUT2D eigenvalue weighted by molar-refractivity contribution is 0.662. The molecule has 0 aliphatic heterocycles. The van der Waals surface area contributed by atoms with Crippen molar-refractivity contribution in [1.82, 2.24) is 4.57 Å². The Morgan fingerprint density at radius 1 is 0.415 bits per heavy atom. The topological polar surface area (TPSA) is 17.0 Å². The summed E-state index contributed by atoms with van der Waals surface area (Å²) in [6.07, 6.45) is 0. The second kappa shape index (κ2) is 12.3. The maximum atomic E-state index is 3.89. The molecule has 0 bridgehead atoms. The number of para-hydroxylation sites is 2. The van der Waals surface area contributed by atoms with Gasteiger partial charge in [-0.05, 0) is 98.6 Å². The summed E-state index contributed by atoms with van der Waals surface area (Å²) < 4.78 is 2.39. The number of nitrogens with one attached hydrogen (secondary N) is 1. The average molecular weight is 679 g/mol. The first kappa shape index (κ1) is 31.1. The highest BCUT2D eigenvalue weighted by atomic mass is 15.0. The molecule has 0 saturated carbocycles. The molecule has 1 aliphatic carbocycles. The molecule has 1 aromatic heterocycles. The van der Waals surface area contributed by atoms with Crippen LogP contribution < -0.4 is 5.32 Å². The summed E-state index contributed by atoms with van der Waals surface area (Å²) in [4.78, 5) is 0. The van der Waals surface area contributed by atoms with Gasteiger partial charge in [0.2, 0.25) is 0 Å². The third kappa shape index (κ3) is 5.10. The number of hydrogen-bond acceptors (Lipinski definition) is 1. The highest BCUT2D eigenvalue weighted by Gasteiger charge is 2.38. The Bertz CT molecular complexity index is 2810. The van der Waals surface area contributed by atoms with E-state index in [9.17, 15) is 0 Å². The molecule has 1 aliphatic rings. The van der Waals surface area contributed by atoms with Crippen molar-refractivity contribution < 1.29 is 0 Å². The van der Waals surface area contributed by atoms with Gasteiger partial charge >= 0.3 is 0 Å². The molecule has 0 unspecified atom stereocenters. The lowest BCUT2D eigenvalue weighted by Gasteiger charge is -2.27. The first-order chi connectivity index (χ1) is 26.0. The van der Waals surface area contributed by atoms with E-state index >= 15 is 0 Å². The Hall–Kier alpha value is -6.64. The Balaban J connectivity index is 1.09. The van der Waals surface area contributed by atoms with Crippen molar-refractivity contribution in [2.75, 3.05) is 5.32 Å². The van der Waals surface area contributed by atoms with Crippen LogP contribution >= 0.6 is 0 Å². The van der Waals surface area contributed by atoms with Crippen molar-refractivity contribution >= 4 is 33.2 Å². The van der Waals surface area contributed by atoms with E-state index in [1.54, 1.807) is 0 Å². The van der Waals surface area contributed by atoms with Crippen LogP contribution in [0.4, 0.5) is 11.4 Å². The van der Waals surface area contributed by atoms with E-state index in [1.165, 1.54) is 83.1 Å².